The van der Waals surface area contributed by atoms with Gasteiger partial charge in [0, 0.05) is 132 Å². The van der Waals surface area contributed by atoms with Gasteiger partial charge in [0.05, 0.1) is 30.7 Å². The van der Waals surface area contributed by atoms with Gasteiger partial charge in [-0.3, -0.25) is 47.9 Å². The quantitative estimate of drug-likeness (QED) is 0.0196. The first-order chi connectivity index (χ1) is 58.3. The van der Waals surface area contributed by atoms with Crippen LogP contribution in [0.15, 0.2) is 0 Å². The minimum atomic E-state index is -5.19. The number of alkyl halides is 12. The highest BCUT2D eigenvalue weighted by molar-refractivity contribution is 8.00. The summed E-state index contributed by atoms with van der Waals surface area (Å²) in [6.07, 6.45) is -11.4. The molecule has 0 saturated heterocycles. The minimum Gasteiger partial charge on any atom is -0.542 e. The number of hydrogen-bond acceptors (Lipinski definition) is 23. The lowest BCUT2D eigenvalue weighted by molar-refractivity contribution is -0.344. The second-order valence-corrected chi connectivity index (χ2v) is 62.0. The van der Waals surface area contributed by atoms with Gasteiger partial charge < -0.3 is 98.9 Å². The van der Waals surface area contributed by atoms with E-state index in [1.165, 1.54) is 23.5 Å². The number of carbonyl (C=O) groups is 14. The van der Waals surface area contributed by atoms with Crippen molar-refractivity contribution in [2.45, 2.75) is 232 Å². The zero-order valence-electron chi connectivity index (χ0n) is 78.8. The van der Waals surface area contributed by atoms with Crippen LogP contribution >= 0.6 is 76.1 Å². The molecule has 0 unspecified atom stereocenters. The Labute approximate surface area is 772 Å². The summed E-state index contributed by atoms with van der Waals surface area (Å²) in [5.74, 6) is -14.5. The van der Waals surface area contributed by atoms with E-state index in [2.05, 4.69) is 128 Å². The Bertz CT molecular complexity index is 3320. The van der Waals surface area contributed by atoms with Crippen molar-refractivity contribution < 1.29 is 140 Å². The number of carboxylic acid groups (broad SMARTS) is 4. The third-order valence-electron chi connectivity index (χ3n) is 16.9. The van der Waals surface area contributed by atoms with Crippen LogP contribution in [0, 0.1) is 35.5 Å². The third kappa shape index (κ3) is 74.8. The molecule has 13 N–H and O–H groups in total. The van der Waals surface area contributed by atoms with Gasteiger partial charge in [-0.15, -0.1) is 0 Å². The predicted molar refractivity (Wildman–Crippen MR) is 492 cm³/mol. The highest BCUT2D eigenvalue weighted by Crippen LogP contribution is 2.49. The van der Waals surface area contributed by atoms with Gasteiger partial charge in [-0.2, -0.15) is 99.7 Å². The number of carboxylic acids is 4. The van der Waals surface area contributed by atoms with E-state index in [0.29, 0.717) is 17.3 Å². The Morgan fingerprint density at radius 3 is 0.558 bits per heavy atom. The Hall–Kier alpha value is -5.18. The molecule has 10 amide bonds. The third-order valence-corrected chi connectivity index (χ3v) is 28.1. The highest BCUT2D eigenvalue weighted by Gasteiger charge is 2.39. The van der Waals surface area contributed by atoms with Gasteiger partial charge in [0.2, 0.25) is 59.1 Å². The number of nitrogens with two attached hydrogens (primary N) is 2. The van der Waals surface area contributed by atoms with Crippen molar-refractivity contribution in [2.75, 3.05) is 151 Å². The molecule has 0 aromatic heterocycles. The molecule has 10 atom stereocenters. The smallest absolute Gasteiger partial charge is 0.430 e. The average Bonchev–Trinajstić information content (AvgIpc) is 0.865. The molecule has 0 heterocycles. The second kappa shape index (κ2) is 64.7. The molecular weight excluding hydrogens is 1880 g/mol. The number of halogens is 12. The van der Waals surface area contributed by atoms with Crippen molar-refractivity contribution in [2.24, 2.45) is 47.0 Å². The molecule has 0 fully saturated rings. The topological polar surface area (TPSA) is 492 Å². The Morgan fingerprint density at radius 2 is 0.403 bits per heavy atom. The van der Waals surface area contributed by atoms with Crippen LogP contribution in [-0.2, 0) is 67.1 Å². The van der Waals surface area contributed by atoms with E-state index in [1.54, 1.807) is 23.5 Å². The molecule has 129 heavy (non-hydrogen) atoms. The molecule has 0 bridgehead atoms. The first kappa shape index (κ1) is 132. The number of nitrogens with one attached hydrogen (secondary N) is 9. The molecule has 0 aliphatic rings. The van der Waals surface area contributed by atoms with Crippen molar-refractivity contribution in [1.82, 2.24) is 47.9 Å². The summed E-state index contributed by atoms with van der Waals surface area (Å²) in [7, 11) is -4.12. The van der Waals surface area contributed by atoms with Gasteiger partial charge in [-0.05, 0) is 123 Å². The largest absolute Gasteiger partial charge is 0.542 e. The minimum absolute atomic E-state index is 0.00431. The van der Waals surface area contributed by atoms with Crippen LogP contribution in [0.3, 0.4) is 0 Å². The summed E-state index contributed by atoms with van der Waals surface area (Å²) in [5.41, 5.74) is 12.2. The number of aliphatic carboxylic acids is 4. The van der Waals surface area contributed by atoms with Crippen molar-refractivity contribution in [3.05, 3.63) is 0 Å². The lowest BCUT2D eigenvalue weighted by atomic mass is 9.99. The Morgan fingerprint density at radius 1 is 0.264 bits per heavy atom. The molecule has 29 nitrogen and oxygen atoms in total. The molecule has 0 spiro atoms. The lowest BCUT2D eigenvalue weighted by Crippen LogP contribution is -2.61. The monoisotopic (exact) mass is 2030 g/mol. The maximum absolute atomic E-state index is 14.9. The van der Waals surface area contributed by atoms with E-state index in [0.717, 1.165) is 61.8 Å². The lowest BCUT2D eigenvalue weighted by Gasteiger charge is -2.29. The molecule has 756 valence electrons. The zero-order chi connectivity index (χ0) is 102. The van der Waals surface area contributed by atoms with E-state index < -0.39 is 197 Å². The Balaban J connectivity index is -0.00000156. The van der Waals surface area contributed by atoms with Gasteiger partial charge >= 0.3 is 24.7 Å². The maximum atomic E-state index is 14.9. The van der Waals surface area contributed by atoms with Crippen LogP contribution in [0.2, 0.25) is 0 Å². The molecule has 0 radical (unpaired) electrons. The average molecular weight is 2030 g/mol. The summed E-state index contributed by atoms with van der Waals surface area (Å²) in [6, 6.07) is -10.8. The van der Waals surface area contributed by atoms with E-state index in [-0.39, 0.29) is 91.3 Å². The number of hydrogen-bond donors (Lipinski definition) is 11. The van der Waals surface area contributed by atoms with Crippen molar-refractivity contribution in [1.29, 1.82) is 0 Å². The van der Waals surface area contributed by atoms with Gasteiger partial charge in [-0.25, -0.2) is 0 Å². The van der Waals surface area contributed by atoms with Crippen molar-refractivity contribution in [3.8, 4) is 0 Å². The van der Waals surface area contributed by atoms with Gasteiger partial charge in [0.1, 0.15) is 78.3 Å². The predicted octanol–water partition coefficient (Wildman–Crippen LogP) is 5.75. The van der Waals surface area contributed by atoms with E-state index in [4.69, 9.17) is 51.1 Å². The molecule has 0 aromatic rings. The molecule has 0 aromatic carbocycles. The molecule has 49 heteroatoms. The van der Waals surface area contributed by atoms with Crippen LogP contribution in [0.5, 0.6) is 0 Å². The number of thioether (sulfide) groups is 4. The Kier molecular flexibility index (Phi) is 66.4. The molecule has 0 saturated carbocycles. The summed E-state index contributed by atoms with van der Waals surface area (Å²) in [6.45, 7) is 50.3. The van der Waals surface area contributed by atoms with Gasteiger partial charge in [0.15, 0.2) is 0 Å². The van der Waals surface area contributed by atoms with Crippen LogP contribution in [-0.4, -0.2) is 319 Å². The molecule has 0 rings (SSSR count). The normalized spacial score (nSPS) is 14.5. The van der Waals surface area contributed by atoms with Gasteiger partial charge in [-0.1, -0.05) is 83.1 Å². The van der Waals surface area contributed by atoms with Gasteiger partial charge in [0.25, 0.3) is 0 Å². The summed E-state index contributed by atoms with van der Waals surface area (Å²) in [5, 5.41) is 61.4. The fourth-order valence-corrected chi connectivity index (χ4v) is 19.9. The first-order valence-electron chi connectivity index (χ1n) is 41.7. The molecule has 0 aliphatic heterocycles. The van der Waals surface area contributed by atoms with Crippen molar-refractivity contribution >= 4 is 159 Å². The summed E-state index contributed by atoms with van der Waals surface area (Å²) in [4.78, 5) is 178. The van der Waals surface area contributed by atoms with E-state index in [9.17, 15) is 101 Å². The first-order valence-corrected chi connectivity index (χ1v) is 59.6. The number of carbonyl (C=O) groups excluding carboxylic acids is 14. The van der Waals surface area contributed by atoms with Crippen LogP contribution in [0.4, 0.5) is 52.7 Å². The molecule has 0 aliphatic carbocycles. The molecular formula is C80H145F12N11O18P4S4. The second-order valence-electron chi connectivity index (χ2n) is 37.2. The summed E-state index contributed by atoms with van der Waals surface area (Å²) >= 11 is 6.16. The van der Waals surface area contributed by atoms with Crippen molar-refractivity contribution in [3.63, 3.8) is 0 Å². The fourth-order valence-electron chi connectivity index (χ4n) is 10.7. The van der Waals surface area contributed by atoms with Crippen LogP contribution in [0.1, 0.15) is 147 Å². The summed E-state index contributed by atoms with van der Waals surface area (Å²) < 4.78 is 126. The SMILES string of the molecule is CC(C)C[C@H](NC(=O)[C@H](CC(C)C)NC(=O)[C@H](CSCCC[P+](C)(C)C)NC(=O)[C@H](CC(C)C)NC(=O)[C@H](CC(C)C)NC(=O)[C@H](CSCCC[P+](C)(C)C)NC(=O)[C@H](CC(C)C)NC(=O)[C@H](CC(C)C)NC(=O)[C@@H](N)CSCCC[P+](C)(C)C)C(=O)N[C@@H](CSCCC[P+](C)(C)C)C(N)=O.O=C([O-])C(F)(F)F.O=C([O-])C(F)(F)F.O=C([O-])C(F)(F)F.O=C([O-])C(F)(F)F. The van der Waals surface area contributed by atoms with E-state index in [1.807, 2.05) is 83.1 Å². The number of amides is 10. The highest BCUT2D eigenvalue weighted by atomic mass is 32.2. The zero-order valence-corrected chi connectivity index (χ0v) is 85.6. The fraction of sp³-hybridized carbons (Fsp3) is 0.825. The standard InChI is InChI=1S/C72H141N11O10P4S4.4C2HF3O2/c1-47(2)37-54(75-64(85)53(73)43-98-33-25-29-94(13,14)15)65(86)77-58(41-51(9)10)69(90)82-61(45-100-35-27-31-96(19,20)21)72(93)80-56(39-49(5)6)67(88)78-59(42-52(11)12)70(91)83-62(46-101-36-28-32-97(22,23)24)71(92)79-55(38-48(3)4)66(87)76-57(40-50(7)8)68(89)81-60(63(74)84)44-99-34-26-30-95(16,17)18;4*3-2(4,5)1(6)7/h47-62H,25-46,73H2,1-24H3,(H7-4,74,75,76,77,78,79,80,81,82,83,84,85,86,87,88,89,90,91,92,93);4*(H,6,7)/t53-,54-,55-,56-,57-,58-,59-,60-,61-,62-;;;;/m0..../s1. The maximum Gasteiger partial charge on any atom is 0.430 e. The number of rotatable bonds is 55. The van der Waals surface area contributed by atoms with Crippen LogP contribution < -0.4 is 79.7 Å². The van der Waals surface area contributed by atoms with E-state index >= 15 is 0 Å². The van der Waals surface area contributed by atoms with Crippen LogP contribution in [0.25, 0.3) is 0 Å². The number of primary amides is 1.